The third-order valence-electron chi connectivity index (χ3n) is 4.07. The summed E-state index contributed by atoms with van der Waals surface area (Å²) < 4.78 is 11.6. The van der Waals surface area contributed by atoms with Crippen molar-refractivity contribution in [2.45, 2.75) is 44.5 Å². The molecule has 1 aliphatic carbocycles. The van der Waals surface area contributed by atoms with Crippen LogP contribution in [0.2, 0.25) is 0 Å². The highest BCUT2D eigenvalue weighted by Crippen LogP contribution is 2.46. The third kappa shape index (κ3) is 1.83. The Morgan fingerprint density at radius 1 is 1.22 bits per heavy atom. The standard InChI is InChI=1S/C15H18O3/c1-11-7-5-6-10-15(11)17-13(14(16)18-15)12-8-3-2-4-9-12/h2-4,8-9,11,13H,5-7,10H2,1H3/t11-,13-,15?/m0/s1. The SMILES string of the molecule is C[C@H]1CCCCC12OC(=O)[C@H](c1ccccc1)O2. The van der Waals surface area contributed by atoms with Gasteiger partial charge in [-0.05, 0) is 18.4 Å². The summed E-state index contributed by atoms with van der Waals surface area (Å²) in [7, 11) is 0. The minimum atomic E-state index is -0.671. The summed E-state index contributed by atoms with van der Waals surface area (Å²) in [6.07, 6.45) is 3.60. The molecule has 2 fully saturated rings. The molecule has 3 atom stereocenters. The quantitative estimate of drug-likeness (QED) is 0.714. The summed E-state index contributed by atoms with van der Waals surface area (Å²) in [6, 6.07) is 9.60. The molecule has 1 aliphatic heterocycles. The Morgan fingerprint density at radius 2 is 2.00 bits per heavy atom. The van der Waals surface area contributed by atoms with Crippen molar-refractivity contribution >= 4 is 5.97 Å². The molecule has 1 unspecified atom stereocenters. The zero-order valence-electron chi connectivity index (χ0n) is 10.6. The van der Waals surface area contributed by atoms with Gasteiger partial charge in [-0.3, -0.25) is 0 Å². The van der Waals surface area contributed by atoms with Crippen molar-refractivity contribution in [3.8, 4) is 0 Å². The molecule has 1 aromatic carbocycles. The Morgan fingerprint density at radius 3 is 2.72 bits per heavy atom. The number of ether oxygens (including phenoxy) is 2. The fourth-order valence-electron chi connectivity index (χ4n) is 2.94. The number of rotatable bonds is 1. The second-order valence-electron chi connectivity index (χ2n) is 5.29. The summed E-state index contributed by atoms with van der Waals surface area (Å²) in [5.41, 5.74) is 0.886. The molecule has 0 radical (unpaired) electrons. The molecule has 0 amide bonds. The van der Waals surface area contributed by atoms with Crippen molar-refractivity contribution in [2.24, 2.45) is 5.92 Å². The van der Waals surface area contributed by atoms with Crippen molar-refractivity contribution < 1.29 is 14.3 Å². The van der Waals surface area contributed by atoms with E-state index in [9.17, 15) is 4.79 Å². The lowest BCUT2D eigenvalue weighted by Crippen LogP contribution is -2.40. The van der Waals surface area contributed by atoms with E-state index in [1.807, 2.05) is 30.3 Å². The first-order chi connectivity index (χ1) is 8.71. The number of carbonyl (C=O) groups excluding carboxylic acids is 1. The first-order valence-corrected chi connectivity index (χ1v) is 6.67. The van der Waals surface area contributed by atoms with Gasteiger partial charge in [0.1, 0.15) is 0 Å². The summed E-state index contributed by atoms with van der Waals surface area (Å²) >= 11 is 0. The van der Waals surface area contributed by atoms with Crippen LogP contribution in [-0.2, 0) is 14.3 Å². The van der Waals surface area contributed by atoms with Crippen LogP contribution in [0.25, 0.3) is 0 Å². The zero-order valence-corrected chi connectivity index (χ0v) is 10.6. The highest BCUT2D eigenvalue weighted by atomic mass is 16.8. The Hall–Kier alpha value is -1.35. The summed E-state index contributed by atoms with van der Waals surface area (Å²) in [4.78, 5) is 12.0. The van der Waals surface area contributed by atoms with E-state index < -0.39 is 11.9 Å². The van der Waals surface area contributed by atoms with Crippen LogP contribution in [0.3, 0.4) is 0 Å². The smallest absolute Gasteiger partial charge is 0.342 e. The molecule has 3 rings (SSSR count). The van der Waals surface area contributed by atoms with Crippen LogP contribution >= 0.6 is 0 Å². The fraction of sp³-hybridized carbons (Fsp3) is 0.533. The van der Waals surface area contributed by atoms with Gasteiger partial charge in [0.2, 0.25) is 5.79 Å². The number of carbonyl (C=O) groups is 1. The highest BCUT2D eigenvalue weighted by Gasteiger charge is 2.52. The van der Waals surface area contributed by atoms with Crippen molar-refractivity contribution in [3.05, 3.63) is 35.9 Å². The molecule has 1 spiro atoms. The Bertz CT molecular complexity index is 442. The van der Waals surface area contributed by atoms with E-state index in [1.54, 1.807) is 0 Å². The predicted octanol–water partition coefficient (Wildman–Crippen LogP) is 3.21. The maximum atomic E-state index is 12.0. The number of benzene rings is 1. The van der Waals surface area contributed by atoms with Gasteiger partial charge in [-0.25, -0.2) is 4.79 Å². The normalized spacial score (nSPS) is 35.7. The number of esters is 1. The number of hydrogen-bond acceptors (Lipinski definition) is 3. The van der Waals surface area contributed by atoms with Crippen molar-refractivity contribution in [1.29, 1.82) is 0 Å². The van der Waals surface area contributed by atoms with E-state index in [0.717, 1.165) is 24.8 Å². The minimum Gasteiger partial charge on any atom is -0.431 e. The summed E-state index contributed by atoms with van der Waals surface area (Å²) in [5.74, 6) is -0.630. The zero-order chi connectivity index (χ0) is 12.6. The molecule has 0 bridgehead atoms. The van der Waals surface area contributed by atoms with E-state index in [0.29, 0.717) is 0 Å². The predicted molar refractivity (Wildman–Crippen MR) is 66.7 cm³/mol. The average molecular weight is 246 g/mol. The molecule has 0 aromatic heterocycles. The fourth-order valence-corrected chi connectivity index (χ4v) is 2.94. The average Bonchev–Trinajstić information content (AvgIpc) is 2.73. The van der Waals surface area contributed by atoms with Crippen LogP contribution in [0.15, 0.2) is 30.3 Å². The Balaban J connectivity index is 1.86. The van der Waals surface area contributed by atoms with Crippen molar-refractivity contribution in [2.75, 3.05) is 0 Å². The third-order valence-corrected chi connectivity index (χ3v) is 4.07. The molecular weight excluding hydrogens is 228 g/mol. The van der Waals surface area contributed by atoms with Gasteiger partial charge >= 0.3 is 5.97 Å². The molecular formula is C15H18O3. The van der Waals surface area contributed by atoms with Gasteiger partial charge in [-0.2, -0.15) is 0 Å². The molecule has 18 heavy (non-hydrogen) atoms. The van der Waals surface area contributed by atoms with Gasteiger partial charge in [0.05, 0.1) is 0 Å². The molecule has 3 nitrogen and oxygen atoms in total. The second-order valence-corrected chi connectivity index (χ2v) is 5.29. The van der Waals surface area contributed by atoms with Gasteiger partial charge in [0.15, 0.2) is 6.10 Å². The largest absolute Gasteiger partial charge is 0.431 e. The second kappa shape index (κ2) is 4.39. The van der Waals surface area contributed by atoms with Gasteiger partial charge < -0.3 is 9.47 Å². The van der Waals surface area contributed by atoms with Crippen LogP contribution in [0.5, 0.6) is 0 Å². The summed E-state index contributed by atoms with van der Waals surface area (Å²) in [6.45, 7) is 2.11. The monoisotopic (exact) mass is 246 g/mol. The van der Waals surface area contributed by atoms with Gasteiger partial charge in [0, 0.05) is 12.3 Å². The van der Waals surface area contributed by atoms with Gasteiger partial charge in [-0.1, -0.05) is 43.7 Å². The topological polar surface area (TPSA) is 35.5 Å². The van der Waals surface area contributed by atoms with Crippen molar-refractivity contribution in [3.63, 3.8) is 0 Å². The molecule has 1 heterocycles. The lowest BCUT2D eigenvalue weighted by molar-refractivity contribution is -0.217. The molecule has 1 saturated heterocycles. The Kier molecular flexibility index (Phi) is 2.86. The first kappa shape index (κ1) is 11.7. The molecule has 0 N–H and O–H groups in total. The van der Waals surface area contributed by atoms with Crippen LogP contribution in [0, 0.1) is 5.92 Å². The van der Waals surface area contributed by atoms with E-state index in [4.69, 9.17) is 9.47 Å². The molecule has 96 valence electrons. The Labute approximate surface area is 107 Å². The number of hydrogen-bond donors (Lipinski definition) is 0. The molecule has 2 aliphatic rings. The van der Waals surface area contributed by atoms with Crippen LogP contribution in [0.4, 0.5) is 0 Å². The molecule has 1 aromatic rings. The molecule has 1 saturated carbocycles. The van der Waals surface area contributed by atoms with E-state index in [1.165, 1.54) is 6.42 Å². The maximum Gasteiger partial charge on any atom is 0.342 e. The van der Waals surface area contributed by atoms with E-state index in [-0.39, 0.29) is 11.9 Å². The lowest BCUT2D eigenvalue weighted by atomic mass is 9.84. The minimum absolute atomic E-state index is 0.241. The van der Waals surface area contributed by atoms with Gasteiger partial charge in [0.25, 0.3) is 0 Å². The van der Waals surface area contributed by atoms with Gasteiger partial charge in [-0.15, -0.1) is 0 Å². The maximum absolute atomic E-state index is 12.0. The van der Waals surface area contributed by atoms with Crippen LogP contribution in [-0.4, -0.2) is 11.8 Å². The molecule has 3 heteroatoms. The summed E-state index contributed by atoms with van der Waals surface area (Å²) in [5, 5.41) is 0. The van der Waals surface area contributed by atoms with Crippen LogP contribution in [0.1, 0.15) is 44.3 Å². The van der Waals surface area contributed by atoms with Crippen LogP contribution < -0.4 is 0 Å². The van der Waals surface area contributed by atoms with E-state index >= 15 is 0 Å². The highest BCUT2D eigenvalue weighted by molar-refractivity contribution is 5.78. The van der Waals surface area contributed by atoms with E-state index in [2.05, 4.69) is 6.92 Å². The first-order valence-electron chi connectivity index (χ1n) is 6.67. The van der Waals surface area contributed by atoms with Crippen molar-refractivity contribution in [1.82, 2.24) is 0 Å². The lowest BCUT2D eigenvalue weighted by Gasteiger charge is -2.36.